The smallest absolute Gasteiger partial charge is 0.0876 e. The van der Waals surface area contributed by atoms with Crippen LogP contribution in [0.5, 0.6) is 0 Å². The van der Waals surface area contributed by atoms with Gasteiger partial charge in [-0.2, -0.15) is 31.6 Å². The molecule has 5 atom stereocenters. The zero-order valence-corrected chi connectivity index (χ0v) is 48.2. The Morgan fingerprint density at radius 2 is 0.778 bits per heavy atom. The van der Waals surface area contributed by atoms with Crippen LogP contribution in [-0.4, -0.2) is 237 Å². The minimum atomic E-state index is -0.0366. The number of rotatable bonds is 14. The molecule has 1 saturated carbocycles. The molecule has 7 fully saturated rings. The van der Waals surface area contributed by atoms with Crippen molar-refractivity contribution in [2.45, 2.75) is 56.9 Å². The van der Waals surface area contributed by atoms with Crippen molar-refractivity contribution in [1.82, 2.24) is 53.9 Å². The molecule has 81 heavy (non-hydrogen) atoms. The number of benzene rings is 1. The first kappa shape index (κ1) is 66.8. The molecule has 428 valence electrons. The Balaban J connectivity index is 0.000000219. The van der Waals surface area contributed by atoms with Crippen LogP contribution in [0.2, 0.25) is 0 Å². The maximum atomic E-state index is 8.88. The molecule has 5 unspecified atom stereocenters. The first-order chi connectivity index (χ1) is 39.6. The van der Waals surface area contributed by atoms with E-state index in [4.69, 9.17) is 63.7 Å². The molecule has 1 aromatic rings. The second kappa shape index (κ2) is 39.6. The van der Waals surface area contributed by atoms with Gasteiger partial charge in [0.15, 0.2) is 0 Å². The van der Waals surface area contributed by atoms with Crippen molar-refractivity contribution < 1.29 is 0 Å². The van der Waals surface area contributed by atoms with Crippen LogP contribution in [-0.2, 0) is 0 Å². The third-order valence-corrected chi connectivity index (χ3v) is 15.6. The molecule has 17 heteroatoms. The molecule has 0 N–H and O–H groups in total. The van der Waals surface area contributed by atoms with E-state index in [0.717, 1.165) is 85.0 Å². The van der Waals surface area contributed by atoms with Crippen LogP contribution in [0, 0.1) is 153 Å². The second-order valence-electron chi connectivity index (χ2n) is 22.1. The van der Waals surface area contributed by atoms with Gasteiger partial charge >= 0.3 is 0 Å². The fourth-order valence-corrected chi connectivity index (χ4v) is 12.1. The summed E-state index contributed by atoms with van der Waals surface area (Å²) in [6, 6.07) is 24.2. The molecule has 6 aliphatic heterocycles. The van der Waals surface area contributed by atoms with Crippen LogP contribution >= 0.6 is 0 Å². The summed E-state index contributed by atoms with van der Waals surface area (Å²) in [6.07, 6.45) is 38.1. The summed E-state index contributed by atoms with van der Waals surface area (Å²) in [6.45, 7) is 25.1. The molecular formula is C64H87N17. The van der Waals surface area contributed by atoms with Gasteiger partial charge in [-0.25, -0.2) is 0 Å². The summed E-state index contributed by atoms with van der Waals surface area (Å²) in [5.74, 6) is 15.7. The highest BCUT2D eigenvalue weighted by Gasteiger charge is 2.33. The lowest BCUT2D eigenvalue weighted by molar-refractivity contribution is 0.0338. The van der Waals surface area contributed by atoms with Gasteiger partial charge in [-0.05, 0) is 43.3 Å². The van der Waals surface area contributed by atoms with Gasteiger partial charge in [0.2, 0.25) is 0 Å². The predicted octanol–water partition coefficient (Wildman–Crippen LogP) is 3.98. The van der Waals surface area contributed by atoms with Gasteiger partial charge in [-0.3, -0.25) is 53.9 Å². The predicted molar refractivity (Wildman–Crippen MR) is 319 cm³/mol. The number of nitrogens with zero attached hydrogens (tertiary/aromatic N) is 17. The Labute approximate surface area is 488 Å². The molecule has 0 radical (unpaired) electrons. The Kier molecular flexibility index (Phi) is 32.7. The highest BCUT2D eigenvalue weighted by atomic mass is 15.4. The highest BCUT2D eigenvalue weighted by Crippen LogP contribution is 2.33. The monoisotopic (exact) mass is 1090 g/mol. The van der Waals surface area contributed by atoms with Crippen molar-refractivity contribution >= 4 is 0 Å². The molecule has 8 rings (SSSR count). The summed E-state index contributed by atoms with van der Waals surface area (Å²) in [5.41, 5.74) is 1.32. The molecule has 0 spiro atoms. The molecule has 6 heterocycles. The molecule has 6 saturated heterocycles. The fraction of sp³-hybridized carbons (Fsp3) is 0.625. The minimum absolute atomic E-state index is 0.0366. The van der Waals surface area contributed by atoms with E-state index in [2.05, 4.69) is 141 Å². The number of likely N-dealkylation sites (tertiary alicyclic amines) is 1. The van der Waals surface area contributed by atoms with Crippen molar-refractivity contribution in [3.05, 3.63) is 48.6 Å². The zero-order chi connectivity index (χ0) is 58.5. The molecule has 7 aliphatic rings. The summed E-state index contributed by atoms with van der Waals surface area (Å²) in [5, 5.41) is 52.5. The molecule has 1 aromatic carbocycles. The first-order valence-corrected chi connectivity index (χ1v) is 28.7. The van der Waals surface area contributed by atoms with E-state index in [1.54, 1.807) is 0 Å². The molecule has 0 bridgehead atoms. The van der Waals surface area contributed by atoms with Crippen molar-refractivity contribution in [2.24, 2.45) is 23.7 Å². The molecule has 0 aromatic heterocycles. The average Bonchev–Trinajstić information content (AvgIpc) is 4.03. The van der Waals surface area contributed by atoms with Crippen LogP contribution in [0.4, 0.5) is 0 Å². The maximum absolute atomic E-state index is 8.88. The molecular weight excluding hydrogens is 1010 g/mol. The van der Waals surface area contributed by atoms with E-state index >= 15 is 0 Å². The number of terminal acetylenes is 5. The lowest BCUT2D eigenvalue weighted by Gasteiger charge is -2.42. The SMILES string of the molecule is C#CCN1CC(C#N)CN(CC#N)C1.C#CCN1CC(C2CCCCC2)CN(CC#N)C1.C#CCN1CC(C=C)CN(CC#N)C1.C#CCN1CC(N2CCCC2)CN(CC#N)C1.C#CCN1CC(c2ccccc2)CN(CC#N)C1. The van der Waals surface area contributed by atoms with Gasteiger partial charge in [0.25, 0.3) is 0 Å². The van der Waals surface area contributed by atoms with Crippen molar-refractivity contribution in [2.75, 3.05) is 177 Å². The van der Waals surface area contributed by atoms with Crippen LogP contribution < -0.4 is 0 Å². The highest BCUT2D eigenvalue weighted by molar-refractivity contribution is 5.21. The van der Waals surface area contributed by atoms with E-state index < -0.39 is 0 Å². The Bertz CT molecular complexity index is 2360. The third kappa shape index (κ3) is 24.9. The quantitative estimate of drug-likeness (QED) is 0.148. The average molecular weight is 1090 g/mol. The number of hydrogen-bond donors (Lipinski definition) is 0. The van der Waals surface area contributed by atoms with Gasteiger partial charge in [-0.15, -0.1) is 38.7 Å². The van der Waals surface area contributed by atoms with Crippen LogP contribution in [0.1, 0.15) is 56.4 Å². The second-order valence-corrected chi connectivity index (χ2v) is 22.1. The number of hydrogen-bond acceptors (Lipinski definition) is 17. The normalized spacial score (nSPS) is 24.8. The number of nitriles is 6. The van der Waals surface area contributed by atoms with Gasteiger partial charge in [0.1, 0.15) is 0 Å². The van der Waals surface area contributed by atoms with Gasteiger partial charge in [-0.1, -0.05) is 98.1 Å². The van der Waals surface area contributed by atoms with Gasteiger partial charge in [0.05, 0.1) is 141 Å². The Morgan fingerprint density at radius 3 is 1.20 bits per heavy atom. The lowest BCUT2D eigenvalue weighted by Crippen LogP contribution is -2.57. The fourth-order valence-electron chi connectivity index (χ4n) is 12.1. The van der Waals surface area contributed by atoms with Crippen LogP contribution in [0.3, 0.4) is 0 Å². The summed E-state index contributed by atoms with van der Waals surface area (Å²) < 4.78 is 0. The Morgan fingerprint density at radius 1 is 0.420 bits per heavy atom. The zero-order valence-electron chi connectivity index (χ0n) is 48.2. The van der Waals surface area contributed by atoms with E-state index in [9.17, 15) is 0 Å². The largest absolute Gasteiger partial charge is 0.298 e. The van der Waals surface area contributed by atoms with Crippen LogP contribution in [0.25, 0.3) is 0 Å². The van der Waals surface area contributed by atoms with Gasteiger partial charge < -0.3 is 0 Å². The van der Waals surface area contributed by atoms with E-state index in [0.29, 0.717) is 109 Å². The summed E-state index contributed by atoms with van der Waals surface area (Å²) in [7, 11) is 0. The first-order valence-electron chi connectivity index (χ1n) is 28.7. The summed E-state index contributed by atoms with van der Waals surface area (Å²) in [4.78, 5) is 24.2. The van der Waals surface area contributed by atoms with E-state index in [1.165, 1.54) is 63.6 Å². The lowest BCUT2D eigenvalue weighted by atomic mass is 9.79. The van der Waals surface area contributed by atoms with E-state index in [-0.39, 0.29) is 5.92 Å². The van der Waals surface area contributed by atoms with E-state index in [1.807, 2.05) is 21.9 Å². The molecule has 1 aliphatic carbocycles. The van der Waals surface area contributed by atoms with Crippen molar-refractivity contribution in [1.29, 1.82) is 31.6 Å². The Hall–Kier alpha value is -6.74. The van der Waals surface area contributed by atoms with Gasteiger partial charge in [0, 0.05) is 83.3 Å². The molecule has 0 amide bonds. The molecule has 17 nitrogen and oxygen atoms in total. The standard InChI is InChI=1S/C15H23N3.C15H17N3.C13H20N4.C11H15N3.C10H12N4/c2*1-2-9-17-11-15(12-18(13-17)10-8-16)14-6-4-3-5-7-14;1-2-6-15-10-13(17-7-3-4-8-17)11-16(12-15)9-5-14;1-3-6-13-8-11(4-2)9-14(10-13)7-5-12;1-2-4-13-7-10(6-12)8-14(9-13)5-3-11/h1,14-15H,3-7,9-13H2;1,3-7,15H,9-13H2;1,13H,3-4,6-12H2;1,4,11H,2,6-10H2;1,10H,4-5,7-9H2. The topological polar surface area (TPSA) is 178 Å². The minimum Gasteiger partial charge on any atom is -0.298 e. The third-order valence-electron chi connectivity index (χ3n) is 15.6. The van der Waals surface area contributed by atoms with Crippen molar-refractivity contribution in [3.8, 4) is 98.1 Å². The van der Waals surface area contributed by atoms with Crippen LogP contribution in [0.15, 0.2) is 43.0 Å². The maximum Gasteiger partial charge on any atom is 0.0876 e. The van der Waals surface area contributed by atoms with Crippen molar-refractivity contribution in [3.63, 3.8) is 0 Å². The summed E-state index contributed by atoms with van der Waals surface area (Å²) >= 11 is 0.